The van der Waals surface area contributed by atoms with Crippen LogP contribution in [0.25, 0.3) is 0 Å². The minimum Gasteiger partial charge on any atom is -0.375 e. The Balaban J connectivity index is 1.68. The predicted octanol–water partition coefficient (Wildman–Crippen LogP) is 1.23. The van der Waals surface area contributed by atoms with Crippen LogP contribution in [0, 0.1) is 11.3 Å². The summed E-state index contributed by atoms with van der Waals surface area (Å²) in [7, 11) is 0. The van der Waals surface area contributed by atoms with E-state index in [1.807, 2.05) is 11.8 Å². The minimum atomic E-state index is 0.0480. The number of nitrogens with one attached hydrogen (secondary N) is 1. The maximum absolute atomic E-state index is 9.33. The van der Waals surface area contributed by atoms with Crippen LogP contribution in [0.5, 0.6) is 0 Å². The van der Waals surface area contributed by atoms with Crippen LogP contribution in [0.15, 0.2) is 0 Å². The van der Waals surface area contributed by atoms with Crippen molar-refractivity contribution in [2.75, 3.05) is 37.7 Å². The second kappa shape index (κ2) is 6.01. The number of thioether (sulfide) groups is 1. The van der Waals surface area contributed by atoms with E-state index in [2.05, 4.69) is 16.3 Å². The van der Waals surface area contributed by atoms with E-state index in [0.29, 0.717) is 6.04 Å². The van der Waals surface area contributed by atoms with Gasteiger partial charge in [-0.25, -0.2) is 0 Å². The molecule has 0 bridgehead atoms. The Bertz CT molecular complexity index is 346. The summed E-state index contributed by atoms with van der Waals surface area (Å²) in [6.45, 7) is 3.71. The first-order chi connectivity index (χ1) is 9.33. The molecule has 4 nitrogen and oxygen atoms in total. The lowest BCUT2D eigenvalue weighted by atomic mass is 9.84. The molecule has 3 heterocycles. The second-order valence-electron chi connectivity index (χ2n) is 5.88. The lowest BCUT2D eigenvalue weighted by Crippen LogP contribution is -2.58. The number of piperazine rings is 1. The lowest BCUT2D eigenvalue weighted by Gasteiger charge is -2.48. The van der Waals surface area contributed by atoms with Gasteiger partial charge < -0.3 is 10.1 Å². The van der Waals surface area contributed by atoms with Crippen molar-refractivity contribution in [2.45, 2.75) is 43.4 Å². The highest BCUT2D eigenvalue weighted by Gasteiger charge is 2.42. The molecule has 1 N–H and O–H groups in total. The van der Waals surface area contributed by atoms with Crippen molar-refractivity contribution in [3.05, 3.63) is 0 Å². The van der Waals surface area contributed by atoms with Gasteiger partial charge in [0.15, 0.2) is 0 Å². The van der Waals surface area contributed by atoms with Gasteiger partial charge in [0.1, 0.15) is 6.04 Å². The molecule has 19 heavy (non-hydrogen) atoms. The fraction of sp³-hybridized carbons (Fsp3) is 0.929. The molecule has 3 rings (SSSR count). The van der Waals surface area contributed by atoms with Gasteiger partial charge in [-0.2, -0.15) is 17.0 Å². The average molecular weight is 281 g/mol. The van der Waals surface area contributed by atoms with E-state index in [-0.39, 0.29) is 11.6 Å². The molecule has 0 aromatic rings. The van der Waals surface area contributed by atoms with Crippen molar-refractivity contribution in [3.63, 3.8) is 0 Å². The van der Waals surface area contributed by atoms with Crippen LogP contribution in [0.4, 0.5) is 0 Å². The first-order valence-corrected chi connectivity index (χ1v) is 8.56. The van der Waals surface area contributed by atoms with Gasteiger partial charge in [-0.3, -0.25) is 4.90 Å². The molecule has 0 aliphatic carbocycles. The summed E-state index contributed by atoms with van der Waals surface area (Å²) in [6.07, 6.45) is 4.60. The van der Waals surface area contributed by atoms with Crippen LogP contribution in [-0.4, -0.2) is 60.3 Å². The van der Waals surface area contributed by atoms with Crippen LogP contribution in [-0.2, 0) is 4.74 Å². The Morgan fingerprint density at radius 2 is 2.21 bits per heavy atom. The summed E-state index contributed by atoms with van der Waals surface area (Å²) in [5, 5.41) is 12.7. The van der Waals surface area contributed by atoms with E-state index in [1.54, 1.807) is 0 Å². The molecule has 0 aromatic carbocycles. The Hall–Kier alpha value is -0.280. The number of hydrogen-bond acceptors (Lipinski definition) is 5. The topological polar surface area (TPSA) is 48.3 Å². The largest absolute Gasteiger partial charge is 0.375 e. The van der Waals surface area contributed by atoms with E-state index in [0.717, 1.165) is 39.1 Å². The highest BCUT2D eigenvalue weighted by atomic mass is 32.2. The molecule has 3 aliphatic rings. The van der Waals surface area contributed by atoms with E-state index in [1.165, 1.54) is 24.3 Å². The standard InChI is InChI=1S/C14H23N3OS/c15-10-13-11-16-4-5-17(13)12-1-6-18-14(9-12)2-7-19-8-3-14/h12-13,16H,1-9,11H2. The van der Waals surface area contributed by atoms with Crippen molar-refractivity contribution >= 4 is 11.8 Å². The summed E-state index contributed by atoms with van der Waals surface area (Å²) < 4.78 is 6.16. The third kappa shape index (κ3) is 2.92. The predicted molar refractivity (Wildman–Crippen MR) is 77.2 cm³/mol. The fourth-order valence-corrected chi connectivity index (χ4v) is 4.89. The van der Waals surface area contributed by atoms with Gasteiger partial charge in [0.2, 0.25) is 0 Å². The highest BCUT2D eigenvalue weighted by molar-refractivity contribution is 7.99. The lowest BCUT2D eigenvalue weighted by molar-refractivity contribution is -0.114. The molecule has 106 valence electrons. The minimum absolute atomic E-state index is 0.0480. The average Bonchev–Trinajstić information content (AvgIpc) is 2.48. The van der Waals surface area contributed by atoms with Gasteiger partial charge in [-0.1, -0.05) is 0 Å². The Morgan fingerprint density at radius 3 is 3.00 bits per heavy atom. The zero-order valence-electron chi connectivity index (χ0n) is 11.4. The molecular weight excluding hydrogens is 258 g/mol. The molecule has 0 amide bonds. The Kier molecular flexibility index (Phi) is 4.33. The van der Waals surface area contributed by atoms with Crippen molar-refractivity contribution in [1.29, 1.82) is 5.26 Å². The molecule has 3 saturated heterocycles. The number of nitrogens with zero attached hydrogens (tertiary/aromatic N) is 2. The van der Waals surface area contributed by atoms with Crippen molar-refractivity contribution in [3.8, 4) is 6.07 Å². The summed E-state index contributed by atoms with van der Waals surface area (Å²) in [6, 6.07) is 3.05. The van der Waals surface area contributed by atoms with E-state index in [4.69, 9.17) is 4.74 Å². The van der Waals surface area contributed by atoms with Crippen LogP contribution in [0.3, 0.4) is 0 Å². The molecule has 2 atom stereocenters. The molecule has 1 spiro atoms. The third-order valence-corrected chi connectivity index (χ3v) is 5.76. The number of hydrogen-bond donors (Lipinski definition) is 1. The molecule has 0 aromatic heterocycles. The van der Waals surface area contributed by atoms with Gasteiger partial charge in [0.05, 0.1) is 11.7 Å². The molecule has 0 saturated carbocycles. The fourth-order valence-electron chi connectivity index (χ4n) is 3.65. The van der Waals surface area contributed by atoms with Crippen molar-refractivity contribution in [1.82, 2.24) is 10.2 Å². The highest BCUT2D eigenvalue weighted by Crippen LogP contribution is 2.39. The van der Waals surface area contributed by atoms with Crippen molar-refractivity contribution in [2.24, 2.45) is 0 Å². The smallest absolute Gasteiger partial charge is 0.111 e. The maximum atomic E-state index is 9.33. The van der Waals surface area contributed by atoms with Crippen LogP contribution < -0.4 is 5.32 Å². The van der Waals surface area contributed by atoms with Crippen LogP contribution >= 0.6 is 11.8 Å². The summed E-state index contributed by atoms with van der Waals surface area (Å²) in [4.78, 5) is 2.43. The third-order valence-electron chi connectivity index (χ3n) is 4.77. The van der Waals surface area contributed by atoms with Gasteiger partial charge in [-0.15, -0.1) is 0 Å². The molecule has 3 aliphatic heterocycles. The Morgan fingerprint density at radius 1 is 1.37 bits per heavy atom. The zero-order chi connectivity index (χ0) is 13.1. The van der Waals surface area contributed by atoms with E-state index >= 15 is 0 Å². The first kappa shape index (κ1) is 13.7. The molecule has 0 radical (unpaired) electrons. The molecular formula is C14H23N3OS. The molecule has 2 unspecified atom stereocenters. The summed E-state index contributed by atoms with van der Waals surface area (Å²) >= 11 is 2.05. The number of ether oxygens (including phenoxy) is 1. The summed E-state index contributed by atoms with van der Waals surface area (Å²) in [5.74, 6) is 2.46. The molecule has 3 fully saturated rings. The van der Waals surface area contributed by atoms with Gasteiger partial charge in [-0.05, 0) is 37.2 Å². The quantitative estimate of drug-likeness (QED) is 0.783. The van der Waals surface area contributed by atoms with Gasteiger partial charge >= 0.3 is 0 Å². The summed E-state index contributed by atoms with van der Waals surface area (Å²) in [5.41, 5.74) is 0.124. The van der Waals surface area contributed by atoms with Crippen LogP contribution in [0.1, 0.15) is 25.7 Å². The maximum Gasteiger partial charge on any atom is 0.111 e. The monoisotopic (exact) mass is 281 g/mol. The normalized spacial score (nSPS) is 35.9. The van der Waals surface area contributed by atoms with E-state index in [9.17, 15) is 5.26 Å². The number of nitriles is 1. The van der Waals surface area contributed by atoms with E-state index < -0.39 is 0 Å². The SMILES string of the molecule is N#CC1CNCCN1C1CCOC2(CCSCC2)C1. The second-order valence-corrected chi connectivity index (χ2v) is 7.10. The first-order valence-electron chi connectivity index (χ1n) is 7.41. The van der Waals surface area contributed by atoms with Gasteiger partial charge in [0, 0.05) is 32.3 Å². The Labute approximate surface area is 119 Å². The number of rotatable bonds is 1. The zero-order valence-corrected chi connectivity index (χ0v) is 12.3. The van der Waals surface area contributed by atoms with Gasteiger partial charge in [0.25, 0.3) is 0 Å². The van der Waals surface area contributed by atoms with Crippen molar-refractivity contribution < 1.29 is 4.74 Å². The van der Waals surface area contributed by atoms with Crippen LogP contribution in [0.2, 0.25) is 0 Å². The molecule has 5 heteroatoms.